The lowest BCUT2D eigenvalue weighted by atomic mass is 9.80. The van der Waals surface area contributed by atoms with Crippen LogP contribution in [-0.2, 0) is 4.79 Å². The number of rotatable bonds is 4. The summed E-state index contributed by atoms with van der Waals surface area (Å²) in [5.41, 5.74) is 0.857. The summed E-state index contributed by atoms with van der Waals surface area (Å²) < 4.78 is 0. The molecule has 0 N–H and O–H groups in total. The molecule has 0 bridgehead atoms. The fraction of sp³-hybridized carbons (Fsp3) is 0.389. The first-order valence-corrected chi connectivity index (χ1v) is 7.44. The molecule has 2 aliphatic rings. The van der Waals surface area contributed by atoms with Crippen LogP contribution in [0.2, 0.25) is 0 Å². The molecule has 0 aromatic heterocycles. The van der Waals surface area contributed by atoms with Crippen LogP contribution in [0.25, 0.3) is 0 Å². The Morgan fingerprint density at radius 2 is 1.75 bits per heavy atom. The van der Waals surface area contributed by atoms with Crippen molar-refractivity contribution in [2.75, 3.05) is 19.6 Å². The lowest BCUT2D eigenvalue weighted by molar-refractivity contribution is -0.113. The van der Waals surface area contributed by atoms with E-state index in [1.54, 1.807) is 0 Å². The minimum atomic E-state index is -0.421. The fourth-order valence-corrected chi connectivity index (χ4v) is 3.13. The van der Waals surface area contributed by atoms with Crippen LogP contribution in [0.3, 0.4) is 0 Å². The lowest BCUT2D eigenvalue weighted by Crippen LogP contribution is -2.35. The molecule has 1 aliphatic carbocycles. The molecule has 0 atom stereocenters. The van der Waals surface area contributed by atoms with Crippen molar-refractivity contribution in [2.45, 2.75) is 18.8 Å². The van der Waals surface area contributed by atoms with Crippen LogP contribution in [0.1, 0.15) is 24.3 Å². The van der Waals surface area contributed by atoms with Crippen LogP contribution in [0, 0.1) is 5.41 Å². The van der Waals surface area contributed by atoms with E-state index in [0.717, 1.165) is 25.9 Å². The molecule has 0 radical (unpaired) electrons. The zero-order valence-corrected chi connectivity index (χ0v) is 11.7. The molecule has 2 heteroatoms. The quantitative estimate of drug-likeness (QED) is 0.617. The standard InChI is InChI=1S/C18H21NO/c20-15-18(14-19-12-4-5-13-19)10-8-17(9-11-18)16-6-2-1-3-7-16/h1-3,6-11,15,17H,4-5,12-14H2. The Morgan fingerprint density at radius 3 is 2.35 bits per heavy atom. The Bertz CT molecular complexity index is 497. The maximum Gasteiger partial charge on any atom is 0.135 e. The molecule has 20 heavy (non-hydrogen) atoms. The largest absolute Gasteiger partial charge is 0.302 e. The van der Waals surface area contributed by atoms with E-state index >= 15 is 0 Å². The van der Waals surface area contributed by atoms with Crippen LogP contribution >= 0.6 is 0 Å². The second-order valence-electron chi connectivity index (χ2n) is 5.87. The fourth-order valence-electron chi connectivity index (χ4n) is 3.13. The van der Waals surface area contributed by atoms with E-state index in [0.29, 0.717) is 5.92 Å². The van der Waals surface area contributed by atoms with Crippen LogP contribution < -0.4 is 0 Å². The SMILES string of the molecule is O=CC1(CN2CCCC2)C=CC(c2ccccc2)C=C1. The summed E-state index contributed by atoms with van der Waals surface area (Å²) in [5.74, 6) is 0.294. The third kappa shape index (κ3) is 2.75. The highest BCUT2D eigenvalue weighted by Gasteiger charge is 2.30. The number of hydrogen-bond acceptors (Lipinski definition) is 2. The molecule has 0 spiro atoms. The van der Waals surface area contributed by atoms with Crippen molar-refractivity contribution in [1.29, 1.82) is 0 Å². The topological polar surface area (TPSA) is 20.3 Å². The van der Waals surface area contributed by atoms with E-state index in [1.165, 1.54) is 18.4 Å². The monoisotopic (exact) mass is 267 g/mol. The van der Waals surface area contributed by atoms with Gasteiger partial charge in [0.05, 0.1) is 5.41 Å². The zero-order chi connectivity index (χ0) is 13.8. The smallest absolute Gasteiger partial charge is 0.135 e. The summed E-state index contributed by atoms with van der Waals surface area (Å²) in [6.07, 6.45) is 12.1. The number of hydrogen-bond donors (Lipinski definition) is 0. The molecule has 0 unspecified atom stereocenters. The van der Waals surface area contributed by atoms with Gasteiger partial charge in [-0.3, -0.25) is 0 Å². The minimum Gasteiger partial charge on any atom is -0.302 e. The Kier molecular flexibility index (Phi) is 3.83. The minimum absolute atomic E-state index is 0.294. The Morgan fingerprint density at radius 1 is 1.10 bits per heavy atom. The number of aldehydes is 1. The first-order chi connectivity index (χ1) is 9.81. The van der Waals surface area contributed by atoms with Crippen molar-refractivity contribution >= 4 is 6.29 Å². The molecule has 0 amide bonds. The molecule has 1 saturated heterocycles. The van der Waals surface area contributed by atoms with Gasteiger partial charge in [0, 0.05) is 12.5 Å². The number of carbonyl (C=O) groups is 1. The first-order valence-electron chi connectivity index (χ1n) is 7.44. The molecule has 3 rings (SSSR count). The van der Waals surface area contributed by atoms with Gasteiger partial charge in [-0.2, -0.15) is 0 Å². The van der Waals surface area contributed by atoms with Gasteiger partial charge >= 0.3 is 0 Å². The van der Waals surface area contributed by atoms with E-state index in [-0.39, 0.29) is 0 Å². The molecular weight excluding hydrogens is 246 g/mol. The first kappa shape index (κ1) is 13.3. The molecular formula is C18H21NO. The molecule has 1 fully saturated rings. The highest BCUT2D eigenvalue weighted by molar-refractivity contribution is 5.68. The highest BCUT2D eigenvalue weighted by Crippen LogP contribution is 2.31. The van der Waals surface area contributed by atoms with Crippen molar-refractivity contribution in [3.8, 4) is 0 Å². The molecule has 1 aromatic rings. The number of benzene rings is 1. The van der Waals surface area contributed by atoms with Crippen molar-refractivity contribution in [3.05, 3.63) is 60.2 Å². The third-order valence-electron chi connectivity index (χ3n) is 4.33. The van der Waals surface area contributed by atoms with Gasteiger partial charge in [-0.25, -0.2) is 0 Å². The number of allylic oxidation sites excluding steroid dienone is 2. The summed E-state index contributed by atoms with van der Waals surface area (Å²) in [7, 11) is 0. The van der Waals surface area contributed by atoms with Gasteiger partial charge in [0.2, 0.25) is 0 Å². The van der Waals surface area contributed by atoms with Gasteiger partial charge < -0.3 is 9.69 Å². The third-order valence-corrected chi connectivity index (χ3v) is 4.33. The molecule has 2 nitrogen and oxygen atoms in total. The Balaban J connectivity index is 1.73. The Hall–Kier alpha value is -1.67. The summed E-state index contributed by atoms with van der Waals surface area (Å²) in [6, 6.07) is 10.4. The van der Waals surface area contributed by atoms with E-state index in [9.17, 15) is 4.79 Å². The second kappa shape index (κ2) is 5.76. The van der Waals surface area contributed by atoms with Crippen LogP contribution in [-0.4, -0.2) is 30.8 Å². The van der Waals surface area contributed by atoms with Gasteiger partial charge in [0.1, 0.15) is 6.29 Å². The van der Waals surface area contributed by atoms with Crippen molar-refractivity contribution in [1.82, 2.24) is 4.90 Å². The summed E-state index contributed by atoms with van der Waals surface area (Å²) >= 11 is 0. The summed E-state index contributed by atoms with van der Waals surface area (Å²) in [6.45, 7) is 3.07. The number of carbonyl (C=O) groups excluding carboxylic acids is 1. The van der Waals surface area contributed by atoms with Crippen LogP contribution in [0.4, 0.5) is 0 Å². The van der Waals surface area contributed by atoms with Crippen molar-refractivity contribution in [3.63, 3.8) is 0 Å². The molecule has 1 aliphatic heterocycles. The van der Waals surface area contributed by atoms with E-state index in [1.807, 2.05) is 6.07 Å². The average Bonchev–Trinajstić information content (AvgIpc) is 3.02. The van der Waals surface area contributed by atoms with E-state index in [2.05, 4.69) is 53.5 Å². The maximum atomic E-state index is 11.6. The average molecular weight is 267 g/mol. The Labute approximate surface area is 120 Å². The van der Waals surface area contributed by atoms with Gasteiger partial charge in [0.15, 0.2) is 0 Å². The second-order valence-corrected chi connectivity index (χ2v) is 5.87. The van der Waals surface area contributed by atoms with E-state index < -0.39 is 5.41 Å². The summed E-state index contributed by atoms with van der Waals surface area (Å²) in [5, 5.41) is 0. The van der Waals surface area contributed by atoms with Crippen LogP contribution in [0.15, 0.2) is 54.6 Å². The molecule has 1 heterocycles. The number of nitrogens with zero attached hydrogens (tertiary/aromatic N) is 1. The van der Waals surface area contributed by atoms with Crippen molar-refractivity contribution < 1.29 is 4.79 Å². The van der Waals surface area contributed by atoms with Gasteiger partial charge in [-0.05, 0) is 31.5 Å². The van der Waals surface area contributed by atoms with E-state index in [4.69, 9.17) is 0 Å². The predicted molar refractivity (Wildman–Crippen MR) is 81.6 cm³/mol. The van der Waals surface area contributed by atoms with Gasteiger partial charge in [-0.15, -0.1) is 0 Å². The summed E-state index contributed by atoms with van der Waals surface area (Å²) in [4.78, 5) is 14.0. The van der Waals surface area contributed by atoms with Gasteiger partial charge in [0.25, 0.3) is 0 Å². The molecule has 1 aromatic carbocycles. The predicted octanol–water partition coefficient (Wildman–Crippen LogP) is 3.18. The maximum absolute atomic E-state index is 11.6. The zero-order valence-electron chi connectivity index (χ0n) is 11.7. The highest BCUT2D eigenvalue weighted by atomic mass is 16.1. The van der Waals surface area contributed by atoms with Crippen molar-refractivity contribution in [2.24, 2.45) is 5.41 Å². The molecule has 104 valence electrons. The number of likely N-dealkylation sites (tertiary alicyclic amines) is 1. The molecule has 0 saturated carbocycles. The van der Waals surface area contributed by atoms with Gasteiger partial charge in [-0.1, -0.05) is 54.6 Å². The normalized spacial score (nSPS) is 29.7. The lowest BCUT2D eigenvalue weighted by Gasteiger charge is -2.30. The van der Waals surface area contributed by atoms with Crippen LogP contribution in [0.5, 0.6) is 0 Å².